The summed E-state index contributed by atoms with van der Waals surface area (Å²) in [6.45, 7) is 7.92. The van der Waals surface area contributed by atoms with Gasteiger partial charge in [0.05, 0.1) is 11.4 Å². The molecule has 0 amide bonds. The summed E-state index contributed by atoms with van der Waals surface area (Å²) in [7, 11) is 0. The number of aromatic nitrogens is 1. The minimum atomic E-state index is 0.315. The number of fused-ring (bicyclic) bond motifs is 1. The molecule has 2 aromatic rings. The van der Waals surface area contributed by atoms with E-state index >= 15 is 0 Å². The van der Waals surface area contributed by atoms with Crippen LogP contribution in [0.1, 0.15) is 24.6 Å². The van der Waals surface area contributed by atoms with Gasteiger partial charge in [-0.2, -0.15) is 5.10 Å². The van der Waals surface area contributed by atoms with Crippen molar-refractivity contribution in [3.8, 4) is 0 Å². The molecule has 2 aliphatic rings. The highest BCUT2D eigenvalue weighted by Crippen LogP contribution is 2.24. The van der Waals surface area contributed by atoms with E-state index < -0.39 is 0 Å². The molecule has 0 bridgehead atoms. The SMILES string of the molecule is Cc1ccnc2c1NCC/C2=N/NC(=S)N1CCN(c2ccccc2)CC1C. The van der Waals surface area contributed by atoms with E-state index in [2.05, 4.69) is 74.8 Å². The molecule has 2 aliphatic heterocycles. The van der Waals surface area contributed by atoms with Crippen LogP contribution in [0.2, 0.25) is 0 Å². The molecule has 4 rings (SSSR count). The van der Waals surface area contributed by atoms with Gasteiger partial charge in [-0.3, -0.25) is 10.4 Å². The zero-order chi connectivity index (χ0) is 19.5. The number of aryl methyl sites for hydroxylation is 1. The number of benzene rings is 1. The molecule has 0 aliphatic carbocycles. The van der Waals surface area contributed by atoms with E-state index in [4.69, 9.17) is 12.2 Å². The van der Waals surface area contributed by atoms with Crippen molar-refractivity contribution in [2.75, 3.05) is 36.4 Å². The number of hydrogen-bond donors (Lipinski definition) is 2. The normalized spacial score (nSPS) is 20.5. The first kappa shape index (κ1) is 18.7. The van der Waals surface area contributed by atoms with Crippen molar-refractivity contribution in [2.45, 2.75) is 26.3 Å². The third-order valence-corrected chi connectivity index (χ3v) is 5.72. The molecule has 1 aromatic heterocycles. The summed E-state index contributed by atoms with van der Waals surface area (Å²) < 4.78 is 0. The predicted octanol–water partition coefficient (Wildman–Crippen LogP) is 2.99. The molecule has 1 unspecified atom stereocenters. The van der Waals surface area contributed by atoms with Gasteiger partial charge in [0.15, 0.2) is 5.11 Å². The number of nitrogens with one attached hydrogen (secondary N) is 2. The zero-order valence-electron chi connectivity index (χ0n) is 16.4. The Morgan fingerprint density at radius 1 is 1.25 bits per heavy atom. The van der Waals surface area contributed by atoms with Gasteiger partial charge in [-0.05, 0) is 49.8 Å². The number of rotatable bonds is 2. The standard InChI is InChI=1S/C21H26N6S/c1-15-8-10-23-20-18(9-11-22-19(15)20)24-25-21(28)27-13-12-26(14-16(27)2)17-6-4-3-5-7-17/h3-8,10,16,22H,9,11-14H2,1-2H3,(H,25,28)/b24-18-. The molecular formula is C21H26N6S. The third kappa shape index (κ3) is 3.80. The van der Waals surface area contributed by atoms with E-state index in [1.54, 1.807) is 0 Å². The average Bonchev–Trinajstić information content (AvgIpc) is 2.73. The van der Waals surface area contributed by atoms with Crippen molar-refractivity contribution in [3.05, 3.63) is 53.9 Å². The smallest absolute Gasteiger partial charge is 0.189 e. The van der Waals surface area contributed by atoms with E-state index in [0.717, 1.165) is 49.7 Å². The zero-order valence-corrected chi connectivity index (χ0v) is 17.2. The van der Waals surface area contributed by atoms with E-state index in [0.29, 0.717) is 11.2 Å². The summed E-state index contributed by atoms with van der Waals surface area (Å²) in [5.74, 6) is 0. The lowest BCUT2D eigenvalue weighted by Crippen LogP contribution is -2.56. The molecule has 0 saturated carbocycles. The second-order valence-electron chi connectivity index (χ2n) is 7.33. The maximum absolute atomic E-state index is 5.65. The van der Waals surface area contributed by atoms with E-state index in [-0.39, 0.29) is 0 Å². The van der Waals surface area contributed by atoms with Crippen LogP contribution in [0.4, 0.5) is 11.4 Å². The van der Waals surface area contributed by atoms with Crippen molar-refractivity contribution in [2.24, 2.45) is 5.10 Å². The quantitative estimate of drug-likeness (QED) is 0.603. The van der Waals surface area contributed by atoms with E-state index in [1.807, 2.05) is 12.3 Å². The fourth-order valence-corrected chi connectivity index (χ4v) is 4.16. The Hall–Kier alpha value is -2.67. The largest absolute Gasteiger partial charge is 0.383 e. The Morgan fingerprint density at radius 2 is 2.07 bits per heavy atom. The maximum Gasteiger partial charge on any atom is 0.189 e. The van der Waals surface area contributed by atoms with E-state index in [1.165, 1.54) is 11.3 Å². The van der Waals surface area contributed by atoms with Crippen LogP contribution in [0.15, 0.2) is 47.7 Å². The van der Waals surface area contributed by atoms with Crippen LogP contribution in [-0.4, -0.2) is 52.9 Å². The topological polar surface area (TPSA) is 55.8 Å². The number of thiocarbonyl (C=S) groups is 1. The Labute approximate surface area is 171 Å². The highest BCUT2D eigenvalue weighted by Gasteiger charge is 2.26. The summed E-state index contributed by atoms with van der Waals surface area (Å²) in [4.78, 5) is 9.15. The molecule has 1 fully saturated rings. The van der Waals surface area contributed by atoms with Gasteiger partial charge in [0, 0.05) is 50.5 Å². The molecule has 1 aromatic carbocycles. The van der Waals surface area contributed by atoms with Crippen LogP contribution in [0.3, 0.4) is 0 Å². The summed E-state index contributed by atoms with van der Waals surface area (Å²) >= 11 is 5.65. The van der Waals surface area contributed by atoms with Crippen molar-refractivity contribution < 1.29 is 0 Å². The van der Waals surface area contributed by atoms with Crippen LogP contribution in [0.25, 0.3) is 0 Å². The summed E-state index contributed by atoms with van der Waals surface area (Å²) in [6, 6.07) is 12.9. The monoisotopic (exact) mass is 394 g/mol. The third-order valence-electron chi connectivity index (χ3n) is 5.39. The molecule has 0 spiro atoms. The number of piperazine rings is 1. The van der Waals surface area contributed by atoms with Crippen LogP contribution in [-0.2, 0) is 0 Å². The second-order valence-corrected chi connectivity index (χ2v) is 7.71. The highest BCUT2D eigenvalue weighted by atomic mass is 32.1. The fraction of sp³-hybridized carbons (Fsp3) is 0.381. The molecule has 146 valence electrons. The highest BCUT2D eigenvalue weighted by molar-refractivity contribution is 7.80. The lowest BCUT2D eigenvalue weighted by Gasteiger charge is -2.41. The first-order valence-corrected chi connectivity index (χ1v) is 10.2. The number of para-hydroxylation sites is 1. The van der Waals surface area contributed by atoms with Crippen molar-refractivity contribution in [1.29, 1.82) is 0 Å². The van der Waals surface area contributed by atoms with Crippen LogP contribution < -0.4 is 15.6 Å². The predicted molar refractivity (Wildman–Crippen MR) is 119 cm³/mol. The lowest BCUT2D eigenvalue weighted by atomic mass is 10.0. The molecule has 2 N–H and O–H groups in total. The van der Waals surface area contributed by atoms with Gasteiger partial charge in [0.2, 0.25) is 0 Å². The van der Waals surface area contributed by atoms with Gasteiger partial charge < -0.3 is 15.1 Å². The van der Waals surface area contributed by atoms with Crippen molar-refractivity contribution in [3.63, 3.8) is 0 Å². The molecule has 1 atom stereocenters. The first-order chi connectivity index (χ1) is 13.6. The summed E-state index contributed by atoms with van der Waals surface area (Å²) in [5.41, 5.74) is 8.53. The van der Waals surface area contributed by atoms with Gasteiger partial charge in [0.25, 0.3) is 0 Å². The number of nitrogens with zero attached hydrogens (tertiary/aromatic N) is 4. The molecule has 0 radical (unpaired) electrons. The van der Waals surface area contributed by atoms with Crippen LogP contribution >= 0.6 is 12.2 Å². The van der Waals surface area contributed by atoms with Gasteiger partial charge in [0.1, 0.15) is 5.69 Å². The van der Waals surface area contributed by atoms with Crippen molar-refractivity contribution >= 4 is 34.4 Å². The lowest BCUT2D eigenvalue weighted by molar-refractivity contribution is 0.295. The van der Waals surface area contributed by atoms with Gasteiger partial charge in [-0.25, -0.2) is 0 Å². The van der Waals surface area contributed by atoms with Crippen molar-refractivity contribution in [1.82, 2.24) is 15.3 Å². The van der Waals surface area contributed by atoms with Crippen LogP contribution in [0, 0.1) is 6.92 Å². The Bertz CT molecular complexity index is 882. The van der Waals surface area contributed by atoms with Gasteiger partial charge in [-0.15, -0.1) is 0 Å². The number of hydrazone groups is 1. The fourth-order valence-electron chi connectivity index (χ4n) is 3.85. The second kappa shape index (κ2) is 8.14. The van der Waals surface area contributed by atoms with E-state index in [9.17, 15) is 0 Å². The van der Waals surface area contributed by atoms with Crippen LogP contribution in [0.5, 0.6) is 0 Å². The number of pyridine rings is 1. The summed E-state index contributed by atoms with van der Waals surface area (Å²) in [6.07, 6.45) is 2.66. The molecule has 3 heterocycles. The molecule has 1 saturated heterocycles. The Morgan fingerprint density at radius 3 is 2.86 bits per heavy atom. The summed E-state index contributed by atoms with van der Waals surface area (Å²) in [5, 5.41) is 8.72. The average molecular weight is 395 g/mol. The Kier molecular flexibility index (Phi) is 5.43. The maximum atomic E-state index is 5.65. The molecule has 28 heavy (non-hydrogen) atoms. The van der Waals surface area contributed by atoms with Gasteiger partial charge in [-0.1, -0.05) is 18.2 Å². The molecule has 6 nitrogen and oxygen atoms in total. The molecule has 7 heteroatoms. The minimum Gasteiger partial charge on any atom is -0.383 e. The number of anilines is 2. The minimum absolute atomic E-state index is 0.315. The Balaban J connectivity index is 1.41. The molecular weight excluding hydrogens is 368 g/mol. The number of hydrogen-bond acceptors (Lipinski definition) is 5. The van der Waals surface area contributed by atoms with Gasteiger partial charge >= 0.3 is 0 Å². The first-order valence-electron chi connectivity index (χ1n) is 9.76.